The van der Waals surface area contributed by atoms with E-state index < -0.39 is 0 Å². The predicted molar refractivity (Wildman–Crippen MR) is 101 cm³/mol. The van der Waals surface area contributed by atoms with Crippen molar-refractivity contribution in [2.24, 2.45) is 5.10 Å². The van der Waals surface area contributed by atoms with Crippen LogP contribution in [0.5, 0.6) is 5.75 Å². The van der Waals surface area contributed by atoms with E-state index >= 15 is 0 Å². The van der Waals surface area contributed by atoms with Gasteiger partial charge >= 0.3 is 0 Å². The first-order chi connectivity index (χ1) is 11.5. The van der Waals surface area contributed by atoms with Crippen molar-refractivity contribution in [3.05, 3.63) is 54.1 Å². The summed E-state index contributed by atoms with van der Waals surface area (Å²) in [5, 5.41) is 8.62. The molecule has 4 heteroatoms. The summed E-state index contributed by atoms with van der Waals surface area (Å²) in [7, 11) is 5.71. The summed E-state index contributed by atoms with van der Waals surface area (Å²) in [6.45, 7) is 4.52. The maximum Gasteiger partial charge on any atom is 0.133 e. The molecule has 0 amide bonds. The van der Waals surface area contributed by atoms with E-state index in [1.165, 1.54) is 11.3 Å². The normalized spacial score (nSPS) is 11.7. The smallest absolute Gasteiger partial charge is 0.133 e. The lowest BCUT2D eigenvalue weighted by molar-refractivity contribution is -0.540. The molecule has 2 aromatic rings. The van der Waals surface area contributed by atoms with Crippen molar-refractivity contribution in [1.82, 2.24) is 0 Å². The van der Waals surface area contributed by atoms with Crippen LogP contribution in [0.15, 0.2) is 53.6 Å². The fourth-order valence-corrected chi connectivity index (χ4v) is 2.73. The third-order valence-corrected chi connectivity index (χ3v) is 4.30. The topological polar surface area (TPSA) is 41.4 Å². The lowest BCUT2D eigenvalue weighted by Gasteiger charge is -2.24. The molecule has 0 radical (unpaired) electrons. The number of hydrogen-bond acceptors (Lipinski definition) is 3. The number of quaternary nitrogens is 1. The quantitative estimate of drug-likeness (QED) is 0.482. The highest BCUT2D eigenvalue weighted by Gasteiger charge is 2.24. The molecule has 2 N–H and O–H groups in total. The van der Waals surface area contributed by atoms with E-state index in [4.69, 9.17) is 4.74 Å². The Balaban J connectivity index is 2.05. The molecule has 0 aromatic heterocycles. The zero-order chi connectivity index (χ0) is 17.6. The van der Waals surface area contributed by atoms with Crippen LogP contribution in [-0.4, -0.2) is 27.4 Å². The number of hydrogen-bond donors (Lipinski definition) is 1. The van der Waals surface area contributed by atoms with Gasteiger partial charge in [0.15, 0.2) is 0 Å². The minimum Gasteiger partial charge on any atom is -0.497 e. The second-order valence-corrected chi connectivity index (χ2v) is 6.48. The number of nitrogens with zero attached hydrogens (tertiary/aromatic N) is 2. The van der Waals surface area contributed by atoms with Crippen LogP contribution in [0, 0.1) is 0 Å². The van der Waals surface area contributed by atoms with Gasteiger partial charge < -0.3 is 10.1 Å². The summed E-state index contributed by atoms with van der Waals surface area (Å²) in [5.41, 5.74) is 3.71. The minimum absolute atomic E-state index is 0.0351. The van der Waals surface area contributed by atoms with Crippen LogP contribution in [0.25, 0.3) is 0 Å². The van der Waals surface area contributed by atoms with Gasteiger partial charge in [-0.2, -0.15) is 5.10 Å². The largest absolute Gasteiger partial charge is 0.497 e. The molecular weight excluding hydrogens is 298 g/mol. The van der Waals surface area contributed by atoms with E-state index in [1.54, 1.807) is 7.11 Å². The minimum atomic E-state index is 0.0351. The number of ether oxygens (including phenoxy) is 1. The molecule has 0 fully saturated rings. The predicted octanol–water partition coefficient (Wildman–Crippen LogP) is 3.31. The fraction of sp³-hybridized carbons (Fsp3) is 0.350. The Morgan fingerprint density at radius 2 is 1.79 bits per heavy atom. The van der Waals surface area contributed by atoms with E-state index in [0.29, 0.717) is 0 Å². The molecule has 0 saturated heterocycles. The van der Waals surface area contributed by atoms with Gasteiger partial charge in [0.2, 0.25) is 0 Å². The molecule has 128 valence electrons. The molecule has 0 spiro atoms. The molecule has 0 unspecified atom stereocenters. The van der Waals surface area contributed by atoms with Crippen LogP contribution >= 0.6 is 0 Å². The summed E-state index contributed by atoms with van der Waals surface area (Å²) in [6.07, 6.45) is 2.87. The van der Waals surface area contributed by atoms with Gasteiger partial charge in [-0.3, -0.25) is 5.01 Å². The first-order valence-electron chi connectivity index (χ1n) is 8.27. The van der Waals surface area contributed by atoms with Crippen molar-refractivity contribution in [2.45, 2.75) is 25.7 Å². The monoisotopic (exact) mass is 326 g/mol. The molecule has 0 aliphatic rings. The van der Waals surface area contributed by atoms with E-state index in [-0.39, 0.29) is 5.41 Å². The summed E-state index contributed by atoms with van der Waals surface area (Å²) in [6, 6.07) is 16.4. The lowest BCUT2D eigenvalue weighted by atomic mass is 9.81. The van der Waals surface area contributed by atoms with Crippen molar-refractivity contribution in [3.63, 3.8) is 0 Å². The lowest BCUT2D eigenvalue weighted by Crippen LogP contribution is -2.73. The van der Waals surface area contributed by atoms with Crippen LogP contribution < -0.4 is 15.1 Å². The first kappa shape index (κ1) is 18.0. The summed E-state index contributed by atoms with van der Waals surface area (Å²) < 4.78 is 5.19. The van der Waals surface area contributed by atoms with Crippen molar-refractivity contribution in [1.29, 1.82) is 0 Å². The van der Waals surface area contributed by atoms with Crippen LogP contribution in [-0.2, 0) is 5.41 Å². The fourth-order valence-electron chi connectivity index (χ4n) is 2.73. The molecule has 0 atom stereocenters. The van der Waals surface area contributed by atoms with Gasteiger partial charge in [-0.1, -0.05) is 32.0 Å². The van der Waals surface area contributed by atoms with E-state index in [2.05, 4.69) is 55.6 Å². The van der Waals surface area contributed by atoms with Crippen LogP contribution in [0.1, 0.15) is 25.8 Å². The van der Waals surface area contributed by atoms with E-state index in [9.17, 15) is 0 Å². The number of para-hydroxylation sites is 1. The van der Waals surface area contributed by atoms with Crippen molar-refractivity contribution in [3.8, 4) is 5.75 Å². The standard InChI is InChI=1S/C20H27N3O/c1-20(2,18-8-6-7-9-19(18)21-3)14-15-22-23(4)16-10-12-17(24-5)13-11-16/h6-13,15,21H,14H2,1-5H3/p+1/b22-15+. The molecule has 0 saturated carbocycles. The Labute approximate surface area is 145 Å². The van der Waals surface area contributed by atoms with Crippen LogP contribution in [0.2, 0.25) is 0 Å². The molecule has 0 bridgehead atoms. The molecule has 2 rings (SSSR count). The van der Waals surface area contributed by atoms with E-state index in [0.717, 1.165) is 17.9 Å². The number of benzene rings is 2. The molecule has 0 heterocycles. The Kier molecular flexibility index (Phi) is 5.99. The van der Waals surface area contributed by atoms with Gasteiger partial charge in [-0.05, 0) is 36.8 Å². The van der Waals surface area contributed by atoms with Crippen molar-refractivity contribution >= 4 is 17.6 Å². The van der Waals surface area contributed by atoms with Gasteiger partial charge in [0, 0.05) is 24.2 Å². The molecule has 2 aromatic carbocycles. The molecule has 24 heavy (non-hydrogen) atoms. The second-order valence-electron chi connectivity index (χ2n) is 6.48. The van der Waals surface area contributed by atoms with Gasteiger partial charge in [-0.15, -0.1) is 0 Å². The number of rotatable bonds is 7. The Morgan fingerprint density at radius 3 is 2.42 bits per heavy atom. The SMILES string of the molecule is C[NH2+]c1ccccc1C(C)(C)C/C=N/N(C)c1ccc(OC)cc1. The zero-order valence-electron chi connectivity index (χ0n) is 15.3. The Hall–Kier alpha value is -2.33. The van der Waals surface area contributed by atoms with Crippen LogP contribution in [0.4, 0.5) is 11.4 Å². The van der Waals surface area contributed by atoms with Gasteiger partial charge in [0.05, 0.1) is 19.8 Å². The van der Waals surface area contributed by atoms with Crippen molar-refractivity contribution in [2.75, 3.05) is 26.2 Å². The van der Waals surface area contributed by atoms with Gasteiger partial charge in [0.1, 0.15) is 11.4 Å². The van der Waals surface area contributed by atoms with E-state index in [1.807, 2.05) is 42.5 Å². The summed E-state index contributed by atoms with van der Waals surface area (Å²) in [5.74, 6) is 0.852. The molecule has 4 nitrogen and oxygen atoms in total. The van der Waals surface area contributed by atoms with Gasteiger partial charge in [-0.25, -0.2) is 0 Å². The van der Waals surface area contributed by atoms with Gasteiger partial charge in [0.25, 0.3) is 0 Å². The first-order valence-corrected chi connectivity index (χ1v) is 8.27. The maximum atomic E-state index is 5.19. The molecular formula is C20H28N3O+. The molecule has 0 aliphatic carbocycles. The Bertz CT molecular complexity index is 678. The number of anilines is 1. The molecule has 0 aliphatic heterocycles. The number of nitrogens with two attached hydrogens (primary N) is 1. The van der Waals surface area contributed by atoms with Crippen LogP contribution in [0.3, 0.4) is 0 Å². The maximum absolute atomic E-state index is 5.19. The average molecular weight is 326 g/mol. The Morgan fingerprint density at radius 1 is 1.12 bits per heavy atom. The number of methoxy groups -OCH3 is 1. The zero-order valence-corrected chi connectivity index (χ0v) is 15.3. The summed E-state index contributed by atoms with van der Waals surface area (Å²) in [4.78, 5) is 0. The third-order valence-electron chi connectivity index (χ3n) is 4.30. The average Bonchev–Trinajstić information content (AvgIpc) is 2.61. The third kappa shape index (κ3) is 4.36. The highest BCUT2D eigenvalue weighted by molar-refractivity contribution is 5.63. The van der Waals surface area contributed by atoms with Crippen molar-refractivity contribution < 1.29 is 10.1 Å². The highest BCUT2D eigenvalue weighted by atomic mass is 16.5. The number of hydrazone groups is 1. The highest BCUT2D eigenvalue weighted by Crippen LogP contribution is 2.30. The second kappa shape index (κ2) is 7.97. The summed E-state index contributed by atoms with van der Waals surface area (Å²) >= 11 is 0.